The van der Waals surface area contributed by atoms with Crippen LogP contribution in [0.3, 0.4) is 0 Å². The standard InChI is InChI=1S/C31H26FN3O3S2/c32-27-14-5-4-8-22(27)20-38-25-12-6-9-21(16-25)29-23(18-35(33-29)24-10-2-1-3-11-24)17-28-30(36)34(31(39)40-28)19-26-13-7-15-37-26/h1-6,8-12,14,16-18,26H,7,13,15,19-20H2. The third-order valence-electron chi connectivity index (χ3n) is 6.79. The second kappa shape index (κ2) is 11.8. The number of rotatable bonds is 8. The lowest BCUT2D eigenvalue weighted by atomic mass is 10.1. The number of thiocarbonyl (C=S) groups is 1. The highest BCUT2D eigenvalue weighted by Crippen LogP contribution is 2.36. The first kappa shape index (κ1) is 26.4. The minimum Gasteiger partial charge on any atom is -0.489 e. The Labute approximate surface area is 241 Å². The van der Waals surface area contributed by atoms with Gasteiger partial charge in [-0.15, -0.1) is 0 Å². The molecule has 9 heteroatoms. The number of thioether (sulfide) groups is 1. The van der Waals surface area contributed by atoms with Crippen molar-refractivity contribution < 1.29 is 18.7 Å². The van der Waals surface area contributed by atoms with E-state index < -0.39 is 0 Å². The van der Waals surface area contributed by atoms with Crippen molar-refractivity contribution in [3.63, 3.8) is 0 Å². The summed E-state index contributed by atoms with van der Waals surface area (Å²) < 4.78 is 28.1. The third kappa shape index (κ3) is 5.72. The van der Waals surface area contributed by atoms with Crippen LogP contribution >= 0.6 is 24.0 Å². The summed E-state index contributed by atoms with van der Waals surface area (Å²) in [6.45, 7) is 1.30. The molecule has 2 aliphatic heterocycles. The summed E-state index contributed by atoms with van der Waals surface area (Å²) in [5.74, 6) is 0.161. The molecule has 3 aromatic carbocycles. The Hall–Kier alpha value is -3.79. The maximum atomic E-state index is 14.1. The number of aromatic nitrogens is 2. The molecule has 2 fully saturated rings. The maximum Gasteiger partial charge on any atom is 0.266 e. The number of hydrogen-bond donors (Lipinski definition) is 0. The SMILES string of the molecule is O=C1C(=Cc2cn(-c3ccccc3)nc2-c2cccc(OCc3ccccc3F)c2)SC(=S)N1CC1CCCO1. The summed E-state index contributed by atoms with van der Waals surface area (Å²) in [4.78, 5) is 15.5. The quantitative estimate of drug-likeness (QED) is 0.175. The second-order valence-corrected chi connectivity index (χ2v) is 11.2. The minimum atomic E-state index is -0.306. The van der Waals surface area contributed by atoms with Crippen LogP contribution in [0.1, 0.15) is 24.0 Å². The lowest BCUT2D eigenvalue weighted by molar-refractivity contribution is -0.123. The summed E-state index contributed by atoms with van der Waals surface area (Å²) >= 11 is 6.85. The number of ether oxygens (including phenoxy) is 2. The fourth-order valence-electron chi connectivity index (χ4n) is 4.73. The molecule has 0 bridgehead atoms. The molecule has 0 aliphatic carbocycles. The Morgan fingerprint density at radius 3 is 2.73 bits per heavy atom. The number of carbonyl (C=O) groups is 1. The van der Waals surface area contributed by atoms with Gasteiger partial charge in [-0.3, -0.25) is 9.69 Å². The van der Waals surface area contributed by atoms with Gasteiger partial charge in [-0.1, -0.05) is 72.5 Å². The largest absolute Gasteiger partial charge is 0.489 e. The zero-order valence-electron chi connectivity index (χ0n) is 21.5. The van der Waals surface area contributed by atoms with E-state index in [4.69, 9.17) is 26.8 Å². The van der Waals surface area contributed by atoms with Gasteiger partial charge in [0.05, 0.1) is 23.2 Å². The molecule has 6 rings (SSSR count). The van der Waals surface area contributed by atoms with E-state index in [1.807, 2.05) is 66.9 Å². The number of carbonyl (C=O) groups excluding carboxylic acids is 1. The summed E-state index contributed by atoms with van der Waals surface area (Å²) in [6.07, 6.45) is 5.71. The third-order valence-corrected chi connectivity index (χ3v) is 8.17. The molecule has 0 spiro atoms. The van der Waals surface area contributed by atoms with Crippen molar-refractivity contribution in [2.45, 2.75) is 25.6 Å². The highest BCUT2D eigenvalue weighted by Gasteiger charge is 2.35. The van der Waals surface area contributed by atoms with Gasteiger partial charge in [0, 0.05) is 29.5 Å². The molecule has 0 radical (unpaired) electrons. The highest BCUT2D eigenvalue weighted by atomic mass is 32.2. The van der Waals surface area contributed by atoms with E-state index in [-0.39, 0.29) is 24.4 Å². The Morgan fingerprint density at radius 1 is 1.10 bits per heavy atom. The van der Waals surface area contributed by atoms with Crippen LogP contribution in [-0.4, -0.2) is 44.2 Å². The normalized spacial score (nSPS) is 18.2. The Balaban J connectivity index is 1.32. The molecule has 1 atom stereocenters. The van der Waals surface area contributed by atoms with Gasteiger partial charge in [-0.05, 0) is 49.2 Å². The molecule has 1 aromatic heterocycles. The van der Waals surface area contributed by atoms with Gasteiger partial charge in [0.2, 0.25) is 0 Å². The van der Waals surface area contributed by atoms with Crippen molar-refractivity contribution in [3.05, 3.63) is 107 Å². The van der Waals surface area contributed by atoms with Gasteiger partial charge >= 0.3 is 0 Å². The predicted molar refractivity (Wildman–Crippen MR) is 159 cm³/mol. The molecule has 1 unspecified atom stereocenters. The Bertz CT molecular complexity index is 1580. The van der Waals surface area contributed by atoms with Crippen molar-refractivity contribution in [1.29, 1.82) is 0 Å². The lowest BCUT2D eigenvalue weighted by Gasteiger charge is -2.18. The molecule has 4 aromatic rings. The minimum absolute atomic E-state index is 0.0188. The zero-order chi connectivity index (χ0) is 27.5. The van der Waals surface area contributed by atoms with E-state index in [0.717, 1.165) is 36.3 Å². The van der Waals surface area contributed by atoms with Crippen LogP contribution in [0.2, 0.25) is 0 Å². The fourth-order valence-corrected chi connectivity index (χ4v) is 6.00. The van der Waals surface area contributed by atoms with Crippen LogP contribution in [0.25, 0.3) is 23.0 Å². The number of hydrogen-bond acceptors (Lipinski definition) is 6. The molecular weight excluding hydrogens is 545 g/mol. The maximum absolute atomic E-state index is 14.1. The molecule has 6 nitrogen and oxygen atoms in total. The average molecular weight is 572 g/mol. The van der Waals surface area contributed by atoms with Gasteiger partial charge in [0.15, 0.2) is 0 Å². The first-order valence-corrected chi connectivity index (χ1v) is 14.3. The molecule has 40 heavy (non-hydrogen) atoms. The van der Waals surface area contributed by atoms with Crippen molar-refractivity contribution >= 4 is 40.3 Å². The van der Waals surface area contributed by atoms with E-state index in [0.29, 0.717) is 32.8 Å². The molecular formula is C31H26FN3O3S2. The van der Waals surface area contributed by atoms with Crippen LogP contribution < -0.4 is 4.74 Å². The van der Waals surface area contributed by atoms with Gasteiger partial charge in [-0.2, -0.15) is 5.10 Å². The molecule has 1 amide bonds. The Morgan fingerprint density at radius 2 is 1.93 bits per heavy atom. The predicted octanol–water partition coefficient (Wildman–Crippen LogP) is 6.64. The smallest absolute Gasteiger partial charge is 0.266 e. The van der Waals surface area contributed by atoms with E-state index in [2.05, 4.69) is 0 Å². The van der Waals surface area contributed by atoms with Gasteiger partial charge in [0.25, 0.3) is 5.91 Å². The van der Waals surface area contributed by atoms with Gasteiger partial charge in [0.1, 0.15) is 28.2 Å². The summed E-state index contributed by atoms with van der Waals surface area (Å²) in [6, 6.07) is 23.8. The van der Waals surface area contributed by atoms with E-state index in [1.165, 1.54) is 17.8 Å². The topological polar surface area (TPSA) is 56.6 Å². The molecule has 2 saturated heterocycles. The highest BCUT2D eigenvalue weighted by molar-refractivity contribution is 8.26. The van der Waals surface area contributed by atoms with Crippen molar-refractivity contribution in [2.75, 3.05) is 13.2 Å². The number of para-hydroxylation sites is 1. The Kier molecular flexibility index (Phi) is 7.77. The first-order chi connectivity index (χ1) is 19.5. The van der Waals surface area contributed by atoms with Crippen molar-refractivity contribution in [1.82, 2.24) is 14.7 Å². The number of benzene rings is 3. The number of halogens is 1. The van der Waals surface area contributed by atoms with Crippen molar-refractivity contribution in [2.24, 2.45) is 0 Å². The van der Waals surface area contributed by atoms with Crippen LogP contribution in [-0.2, 0) is 16.1 Å². The van der Waals surface area contributed by atoms with Crippen molar-refractivity contribution in [3.8, 4) is 22.7 Å². The second-order valence-electron chi connectivity index (χ2n) is 9.55. The van der Waals surface area contributed by atoms with Crippen LogP contribution in [0.5, 0.6) is 5.75 Å². The molecule has 0 N–H and O–H groups in total. The van der Waals surface area contributed by atoms with E-state index in [1.54, 1.807) is 27.8 Å². The molecule has 202 valence electrons. The van der Waals surface area contributed by atoms with Crippen LogP contribution in [0, 0.1) is 5.82 Å². The monoisotopic (exact) mass is 571 g/mol. The summed E-state index contributed by atoms with van der Waals surface area (Å²) in [7, 11) is 0. The summed E-state index contributed by atoms with van der Waals surface area (Å²) in [5.41, 5.74) is 3.63. The number of amides is 1. The van der Waals surface area contributed by atoms with Gasteiger partial charge < -0.3 is 9.47 Å². The molecule has 0 saturated carbocycles. The van der Waals surface area contributed by atoms with E-state index >= 15 is 0 Å². The fraction of sp³-hybridized carbons (Fsp3) is 0.194. The summed E-state index contributed by atoms with van der Waals surface area (Å²) in [5, 5.41) is 4.88. The molecule has 3 heterocycles. The first-order valence-electron chi connectivity index (χ1n) is 13.0. The number of nitrogens with zero attached hydrogens (tertiary/aromatic N) is 3. The van der Waals surface area contributed by atoms with E-state index in [9.17, 15) is 9.18 Å². The molecule has 2 aliphatic rings. The average Bonchev–Trinajstić information content (AvgIpc) is 3.71. The lowest BCUT2D eigenvalue weighted by Crippen LogP contribution is -2.35. The zero-order valence-corrected chi connectivity index (χ0v) is 23.2. The van der Waals surface area contributed by atoms with Gasteiger partial charge in [-0.25, -0.2) is 9.07 Å². The van der Waals surface area contributed by atoms with Crippen LogP contribution in [0.15, 0.2) is 90.0 Å². The van der Waals surface area contributed by atoms with Crippen LogP contribution in [0.4, 0.5) is 4.39 Å².